The summed E-state index contributed by atoms with van der Waals surface area (Å²) in [6.45, 7) is 4.16. The normalized spacial score (nSPS) is 10.5. The number of aryl methyl sites for hydroxylation is 1. The van der Waals surface area contributed by atoms with Crippen LogP contribution in [0.4, 0.5) is 0 Å². The van der Waals surface area contributed by atoms with E-state index in [1.54, 1.807) is 14.0 Å². The molecule has 0 aromatic heterocycles. The molecule has 0 spiro atoms. The fraction of sp³-hybridized carbons (Fsp3) is 0.562. The van der Waals surface area contributed by atoms with Crippen LogP contribution in [0.2, 0.25) is 0 Å². The highest BCUT2D eigenvalue weighted by Gasteiger charge is 1.98. The highest BCUT2D eigenvalue weighted by molar-refractivity contribution is 5.75. The molecule has 0 bridgehead atoms. The summed E-state index contributed by atoms with van der Waals surface area (Å²) in [6, 6.07) is 7.86. The molecule has 0 N–H and O–H groups in total. The lowest BCUT2D eigenvalue weighted by Crippen LogP contribution is -2.08. The molecule has 20 heavy (non-hydrogen) atoms. The van der Waals surface area contributed by atoms with Crippen LogP contribution in [0.3, 0.4) is 0 Å². The van der Waals surface area contributed by atoms with Crippen LogP contribution in [0, 0.1) is 0 Å². The van der Waals surface area contributed by atoms with Crippen molar-refractivity contribution in [3.63, 3.8) is 0 Å². The van der Waals surface area contributed by atoms with Crippen LogP contribution in [0.25, 0.3) is 0 Å². The fourth-order valence-corrected chi connectivity index (χ4v) is 1.70. The molecule has 0 unspecified atom stereocenters. The van der Waals surface area contributed by atoms with Crippen molar-refractivity contribution in [3.8, 4) is 5.75 Å². The zero-order valence-electron chi connectivity index (χ0n) is 12.4. The number of benzene rings is 1. The highest BCUT2D eigenvalue weighted by atomic mass is 16.5. The van der Waals surface area contributed by atoms with Gasteiger partial charge in [0, 0.05) is 26.7 Å². The van der Waals surface area contributed by atoms with Gasteiger partial charge in [0.25, 0.3) is 0 Å². The zero-order chi connectivity index (χ0) is 14.6. The maximum atomic E-state index is 10.9. The van der Waals surface area contributed by atoms with Gasteiger partial charge in [-0.1, -0.05) is 12.1 Å². The maximum Gasteiger partial charge on any atom is 0.130 e. The Hall–Kier alpha value is -1.39. The third-order valence-corrected chi connectivity index (χ3v) is 2.82. The van der Waals surface area contributed by atoms with Crippen molar-refractivity contribution in [2.75, 3.05) is 33.5 Å². The largest absolute Gasteiger partial charge is 0.491 e. The molecule has 1 aromatic rings. The van der Waals surface area contributed by atoms with Gasteiger partial charge in [-0.15, -0.1) is 0 Å². The number of ketones is 1. The molecule has 0 saturated heterocycles. The number of carbonyl (C=O) groups is 1. The first-order chi connectivity index (χ1) is 9.72. The van der Waals surface area contributed by atoms with Crippen LogP contribution in [0.5, 0.6) is 5.75 Å². The Bertz CT molecular complexity index is 373. The van der Waals surface area contributed by atoms with Crippen molar-refractivity contribution in [2.24, 2.45) is 0 Å². The number of ether oxygens (including phenoxy) is 3. The lowest BCUT2D eigenvalue weighted by Gasteiger charge is -2.08. The first kappa shape index (κ1) is 16.7. The molecule has 1 aromatic carbocycles. The van der Waals surface area contributed by atoms with Gasteiger partial charge in [0.15, 0.2) is 0 Å². The van der Waals surface area contributed by atoms with Crippen molar-refractivity contribution < 1.29 is 19.0 Å². The molecule has 0 aliphatic rings. The molecule has 4 heteroatoms. The second kappa shape index (κ2) is 10.4. The van der Waals surface area contributed by atoms with Gasteiger partial charge < -0.3 is 19.0 Å². The van der Waals surface area contributed by atoms with Gasteiger partial charge in [-0.25, -0.2) is 0 Å². The first-order valence-corrected chi connectivity index (χ1v) is 7.00. The number of hydrogen-bond donors (Lipinski definition) is 0. The molecule has 1 rings (SSSR count). The molecular weight excluding hydrogens is 256 g/mol. The van der Waals surface area contributed by atoms with E-state index < -0.39 is 0 Å². The Morgan fingerprint density at radius 1 is 1.05 bits per heavy atom. The highest BCUT2D eigenvalue weighted by Crippen LogP contribution is 2.13. The van der Waals surface area contributed by atoms with Gasteiger partial charge in [-0.05, 0) is 37.5 Å². The first-order valence-electron chi connectivity index (χ1n) is 7.00. The van der Waals surface area contributed by atoms with Crippen molar-refractivity contribution in [1.29, 1.82) is 0 Å². The predicted octanol–water partition coefficient (Wildman–Crippen LogP) is 2.64. The molecule has 0 radical (unpaired) electrons. The monoisotopic (exact) mass is 280 g/mol. The number of hydrogen-bond acceptors (Lipinski definition) is 4. The Balaban J connectivity index is 2.13. The molecule has 112 valence electrons. The topological polar surface area (TPSA) is 44.8 Å². The SMILES string of the molecule is COCCCOCCOc1ccc(CCC(C)=O)cc1. The Morgan fingerprint density at radius 2 is 1.80 bits per heavy atom. The average molecular weight is 280 g/mol. The number of carbonyl (C=O) groups excluding carboxylic acids is 1. The van der Waals surface area contributed by atoms with Crippen molar-refractivity contribution in [1.82, 2.24) is 0 Å². The van der Waals surface area contributed by atoms with Crippen LogP contribution in [-0.2, 0) is 20.7 Å². The summed E-state index contributed by atoms with van der Waals surface area (Å²) >= 11 is 0. The van der Waals surface area contributed by atoms with Crippen LogP contribution >= 0.6 is 0 Å². The number of methoxy groups -OCH3 is 1. The van der Waals surface area contributed by atoms with Gasteiger partial charge in [0.05, 0.1) is 6.61 Å². The van der Waals surface area contributed by atoms with Crippen LogP contribution < -0.4 is 4.74 Å². The number of Topliss-reactive ketones (excluding diaryl/α,β-unsaturated/α-hetero) is 1. The molecule has 0 aliphatic carbocycles. The van der Waals surface area contributed by atoms with E-state index in [0.29, 0.717) is 26.2 Å². The third-order valence-electron chi connectivity index (χ3n) is 2.82. The van der Waals surface area contributed by atoms with Gasteiger partial charge >= 0.3 is 0 Å². The number of rotatable bonds is 11. The summed E-state index contributed by atoms with van der Waals surface area (Å²) in [7, 11) is 1.68. The molecular formula is C16H24O4. The van der Waals surface area contributed by atoms with E-state index in [-0.39, 0.29) is 5.78 Å². The van der Waals surface area contributed by atoms with E-state index in [0.717, 1.165) is 30.8 Å². The van der Waals surface area contributed by atoms with E-state index in [1.807, 2.05) is 24.3 Å². The zero-order valence-corrected chi connectivity index (χ0v) is 12.4. The van der Waals surface area contributed by atoms with Crippen LogP contribution in [0.15, 0.2) is 24.3 Å². The third kappa shape index (κ3) is 7.92. The standard InChI is InChI=1S/C16H24O4/c1-14(17)4-5-15-6-8-16(9-7-15)20-13-12-19-11-3-10-18-2/h6-9H,3-5,10-13H2,1-2H3. The molecule has 0 saturated carbocycles. The molecule has 0 aliphatic heterocycles. The minimum atomic E-state index is 0.218. The summed E-state index contributed by atoms with van der Waals surface area (Å²) in [5, 5.41) is 0. The summed E-state index contributed by atoms with van der Waals surface area (Å²) in [5.74, 6) is 1.05. The predicted molar refractivity (Wildman–Crippen MR) is 78.3 cm³/mol. The van der Waals surface area contributed by atoms with Crippen molar-refractivity contribution in [3.05, 3.63) is 29.8 Å². The minimum Gasteiger partial charge on any atom is -0.491 e. The fourth-order valence-electron chi connectivity index (χ4n) is 1.70. The van der Waals surface area contributed by atoms with Gasteiger partial charge in [-0.2, -0.15) is 0 Å². The van der Waals surface area contributed by atoms with Gasteiger partial charge in [0.2, 0.25) is 0 Å². The van der Waals surface area contributed by atoms with Crippen LogP contribution in [-0.4, -0.2) is 39.3 Å². The van der Waals surface area contributed by atoms with Crippen LogP contribution in [0.1, 0.15) is 25.3 Å². The molecule has 0 fully saturated rings. The van der Waals surface area contributed by atoms with E-state index in [2.05, 4.69) is 0 Å². The van der Waals surface area contributed by atoms with Gasteiger partial charge in [0.1, 0.15) is 18.1 Å². The Morgan fingerprint density at radius 3 is 2.45 bits per heavy atom. The Kier molecular flexibility index (Phi) is 8.67. The lowest BCUT2D eigenvalue weighted by atomic mass is 10.1. The second-order valence-electron chi connectivity index (χ2n) is 4.65. The lowest BCUT2D eigenvalue weighted by molar-refractivity contribution is -0.116. The minimum absolute atomic E-state index is 0.218. The van der Waals surface area contributed by atoms with Crippen molar-refractivity contribution >= 4 is 5.78 Å². The van der Waals surface area contributed by atoms with Gasteiger partial charge in [-0.3, -0.25) is 0 Å². The van der Waals surface area contributed by atoms with E-state index in [1.165, 1.54) is 0 Å². The molecule has 0 heterocycles. The molecule has 0 atom stereocenters. The smallest absolute Gasteiger partial charge is 0.130 e. The van der Waals surface area contributed by atoms with E-state index in [9.17, 15) is 4.79 Å². The average Bonchev–Trinajstić information content (AvgIpc) is 2.45. The molecule has 4 nitrogen and oxygen atoms in total. The summed E-state index contributed by atoms with van der Waals surface area (Å²) < 4.78 is 15.9. The molecule has 0 amide bonds. The summed E-state index contributed by atoms with van der Waals surface area (Å²) in [4.78, 5) is 10.9. The van der Waals surface area contributed by atoms with E-state index >= 15 is 0 Å². The Labute approximate surface area is 121 Å². The summed E-state index contributed by atoms with van der Waals surface area (Å²) in [5.41, 5.74) is 1.16. The second-order valence-corrected chi connectivity index (χ2v) is 4.65. The maximum absolute atomic E-state index is 10.9. The van der Waals surface area contributed by atoms with Crippen molar-refractivity contribution in [2.45, 2.75) is 26.2 Å². The van der Waals surface area contributed by atoms with E-state index in [4.69, 9.17) is 14.2 Å². The summed E-state index contributed by atoms with van der Waals surface area (Å²) in [6.07, 6.45) is 2.29. The quantitative estimate of drug-likeness (QED) is 0.585.